The average molecular weight is 444 g/mol. The van der Waals surface area contributed by atoms with Gasteiger partial charge in [0.05, 0.1) is 4.90 Å². The van der Waals surface area contributed by atoms with Gasteiger partial charge in [0.1, 0.15) is 17.1 Å². The number of aryl methyl sites for hydroxylation is 1. The smallest absolute Gasteiger partial charge is 0.387 e. The van der Waals surface area contributed by atoms with Crippen LogP contribution in [0.25, 0.3) is 10.9 Å². The SMILES string of the molecule is CCc1nc2c(F)cccc2c(OC(F)F)c1Cc1ccc(S(C)(=O)=O)cc1Cl. The molecule has 0 fully saturated rings. The fourth-order valence-electron chi connectivity index (χ4n) is 3.10. The van der Waals surface area contributed by atoms with Crippen LogP contribution in [0.2, 0.25) is 5.02 Å². The monoisotopic (exact) mass is 443 g/mol. The largest absolute Gasteiger partial charge is 0.434 e. The summed E-state index contributed by atoms with van der Waals surface area (Å²) in [6, 6.07) is 8.26. The van der Waals surface area contributed by atoms with Crippen molar-refractivity contribution >= 4 is 32.3 Å². The lowest BCUT2D eigenvalue weighted by molar-refractivity contribution is -0.0494. The standard InChI is InChI=1S/C20H17ClF3NO3S/c1-3-17-14(9-11-7-8-12(10-15(11)21)29(2,26)27)19(28-20(23)24)13-5-4-6-16(22)18(13)25-17/h4-8,10,20H,3,9H2,1-2H3. The zero-order valence-electron chi connectivity index (χ0n) is 15.5. The second kappa shape index (κ2) is 8.20. The molecule has 29 heavy (non-hydrogen) atoms. The summed E-state index contributed by atoms with van der Waals surface area (Å²) < 4.78 is 68.7. The summed E-state index contributed by atoms with van der Waals surface area (Å²) in [5, 5.41) is 0.290. The molecule has 1 aromatic heterocycles. The van der Waals surface area contributed by atoms with Crippen LogP contribution in [0.4, 0.5) is 13.2 Å². The Hall–Kier alpha value is -2.32. The minimum atomic E-state index is -3.45. The Labute approximate surface area is 171 Å². The first-order valence-corrected chi connectivity index (χ1v) is 10.9. The molecule has 0 aliphatic rings. The molecule has 9 heteroatoms. The third kappa shape index (κ3) is 4.48. The third-order valence-corrected chi connectivity index (χ3v) is 5.92. The summed E-state index contributed by atoms with van der Waals surface area (Å²) >= 11 is 6.25. The van der Waals surface area contributed by atoms with Crippen LogP contribution in [0, 0.1) is 5.82 Å². The van der Waals surface area contributed by atoms with Crippen LogP contribution in [-0.4, -0.2) is 26.3 Å². The highest BCUT2D eigenvalue weighted by Gasteiger charge is 2.21. The predicted octanol–water partition coefficient (Wildman–Crippen LogP) is 5.19. The van der Waals surface area contributed by atoms with Crippen LogP contribution < -0.4 is 4.74 Å². The quantitative estimate of drug-likeness (QED) is 0.526. The van der Waals surface area contributed by atoms with E-state index in [9.17, 15) is 21.6 Å². The third-order valence-electron chi connectivity index (χ3n) is 4.46. The Bertz CT molecular complexity index is 1180. The number of hydrogen-bond acceptors (Lipinski definition) is 4. The molecule has 0 radical (unpaired) electrons. The molecule has 3 aromatic rings. The van der Waals surface area contributed by atoms with Crippen LogP contribution in [0.3, 0.4) is 0 Å². The number of rotatable bonds is 6. The van der Waals surface area contributed by atoms with E-state index in [1.165, 1.54) is 36.4 Å². The molecular formula is C20H17ClF3NO3S. The topological polar surface area (TPSA) is 56.3 Å². The molecule has 0 saturated heterocycles. The minimum absolute atomic E-state index is 0.0460. The van der Waals surface area contributed by atoms with Gasteiger partial charge in [0.2, 0.25) is 0 Å². The maximum Gasteiger partial charge on any atom is 0.387 e. The first-order valence-electron chi connectivity index (χ1n) is 8.65. The summed E-state index contributed by atoms with van der Waals surface area (Å²) in [5.41, 5.74) is 1.19. The van der Waals surface area contributed by atoms with Gasteiger partial charge < -0.3 is 4.74 Å². The fraction of sp³-hybridized carbons (Fsp3) is 0.250. The molecule has 0 saturated carbocycles. The number of aromatic nitrogens is 1. The number of alkyl halides is 2. The molecule has 0 amide bonds. The zero-order chi connectivity index (χ0) is 21.3. The molecule has 3 rings (SSSR count). The molecule has 0 atom stereocenters. The van der Waals surface area contributed by atoms with Crippen molar-refractivity contribution in [3.63, 3.8) is 0 Å². The zero-order valence-corrected chi connectivity index (χ0v) is 17.1. The number of halogens is 4. The van der Waals surface area contributed by atoms with Crippen LogP contribution in [-0.2, 0) is 22.7 Å². The maximum absolute atomic E-state index is 14.2. The molecule has 4 nitrogen and oxygen atoms in total. The van der Waals surface area contributed by atoms with E-state index < -0.39 is 22.3 Å². The summed E-state index contributed by atoms with van der Waals surface area (Å²) in [4.78, 5) is 4.35. The van der Waals surface area contributed by atoms with Crippen molar-refractivity contribution in [1.82, 2.24) is 4.98 Å². The number of nitrogens with zero attached hydrogens (tertiary/aromatic N) is 1. The van der Waals surface area contributed by atoms with E-state index in [2.05, 4.69) is 4.98 Å². The van der Waals surface area contributed by atoms with Gasteiger partial charge in [-0.2, -0.15) is 8.78 Å². The molecular weight excluding hydrogens is 427 g/mol. The second-order valence-electron chi connectivity index (χ2n) is 6.44. The van der Waals surface area contributed by atoms with Gasteiger partial charge in [0.15, 0.2) is 9.84 Å². The fourth-order valence-corrected chi connectivity index (χ4v) is 4.06. The van der Waals surface area contributed by atoms with E-state index >= 15 is 0 Å². The Kier molecular flexibility index (Phi) is 6.05. The normalized spacial score (nSPS) is 12.0. The van der Waals surface area contributed by atoms with Gasteiger partial charge in [0, 0.05) is 34.3 Å². The first-order chi connectivity index (χ1) is 13.6. The van der Waals surface area contributed by atoms with E-state index in [4.69, 9.17) is 16.3 Å². The van der Waals surface area contributed by atoms with Gasteiger partial charge in [-0.25, -0.2) is 17.8 Å². The molecule has 0 spiro atoms. The molecule has 0 aliphatic heterocycles. The second-order valence-corrected chi connectivity index (χ2v) is 8.86. The Morgan fingerprint density at radius 2 is 1.93 bits per heavy atom. The predicted molar refractivity (Wildman–Crippen MR) is 105 cm³/mol. The Morgan fingerprint density at radius 3 is 2.52 bits per heavy atom. The molecule has 0 N–H and O–H groups in total. The lowest BCUT2D eigenvalue weighted by Crippen LogP contribution is -2.10. The Morgan fingerprint density at radius 1 is 1.21 bits per heavy atom. The van der Waals surface area contributed by atoms with Crippen LogP contribution in [0.1, 0.15) is 23.7 Å². The number of fused-ring (bicyclic) bond motifs is 1. The van der Waals surface area contributed by atoms with E-state index in [-0.39, 0.29) is 33.0 Å². The van der Waals surface area contributed by atoms with Gasteiger partial charge in [-0.1, -0.05) is 30.7 Å². The van der Waals surface area contributed by atoms with Gasteiger partial charge in [-0.15, -0.1) is 0 Å². The minimum Gasteiger partial charge on any atom is -0.434 e. The highest BCUT2D eigenvalue weighted by Crippen LogP contribution is 2.36. The summed E-state index contributed by atoms with van der Waals surface area (Å²) in [7, 11) is -3.45. The molecule has 0 bridgehead atoms. The van der Waals surface area contributed by atoms with Crippen LogP contribution in [0.15, 0.2) is 41.3 Å². The van der Waals surface area contributed by atoms with Gasteiger partial charge >= 0.3 is 6.61 Å². The summed E-state index contributed by atoms with van der Waals surface area (Å²) in [6.45, 7) is -1.35. The summed E-state index contributed by atoms with van der Waals surface area (Å²) in [6.07, 6.45) is 1.47. The van der Waals surface area contributed by atoms with Crippen molar-refractivity contribution in [1.29, 1.82) is 0 Å². The van der Waals surface area contributed by atoms with Crippen LogP contribution >= 0.6 is 11.6 Å². The van der Waals surface area contributed by atoms with Crippen molar-refractivity contribution < 1.29 is 26.3 Å². The highest BCUT2D eigenvalue weighted by molar-refractivity contribution is 7.90. The van der Waals surface area contributed by atoms with E-state index in [1.54, 1.807) is 6.92 Å². The van der Waals surface area contributed by atoms with Crippen LogP contribution in [0.5, 0.6) is 5.75 Å². The van der Waals surface area contributed by atoms with Crippen molar-refractivity contribution in [2.75, 3.05) is 6.26 Å². The van der Waals surface area contributed by atoms with Crippen molar-refractivity contribution in [3.8, 4) is 5.75 Å². The molecule has 2 aromatic carbocycles. The van der Waals surface area contributed by atoms with Crippen molar-refractivity contribution in [2.45, 2.75) is 31.3 Å². The lowest BCUT2D eigenvalue weighted by atomic mass is 9.98. The molecule has 154 valence electrons. The maximum atomic E-state index is 14.2. The molecule has 0 aliphatic carbocycles. The van der Waals surface area contributed by atoms with Crippen molar-refractivity contribution in [2.24, 2.45) is 0 Å². The Balaban J connectivity index is 2.20. The number of benzene rings is 2. The highest BCUT2D eigenvalue weighted by atomic mass is 35.5. The molecule has 1 heterocycles. The van der Waals surface area contributed by atoms with E-state index in [1.807, 2.05) is 0 Å². The summed E-state index contributed by atoms with van der Waals surface area (Å²) in [5.74, 6) is -0.803. The number of para-hydroxylation sites is 1. The molecule has 0 unspecified atom stereocenters. The van der Waals surface area contributed by atoms with Gasteiger partial charge in [-0.05, 0) is 36.2 Å². The van der Waals surface area contributed by atoms with E-state index in [0.29, 0.717) is 23.2 Å². The first kappa shape index (κ1) is 21.4. The number of hydrogen-bond donors (Lipinski definition) is 0. The lowest BCUT2D eigenvalue weighted by Gasteiger charge is -2.18. The van der Waals surface area contributed by atoms with E-state index in [0.717, 1.165) is 6.26 Å². The number of sulfone groups is 1. The average Bonchev–Trinajstić information content (AvgIpc) is 2.64. The number of ether oxygens (including phenoxy) is 1. The van der Waals surface area contributed by atoms with Gasteiger partial charge in [-0.3, -0.25) is 0 Å². The van der Waals surface area contributed by atoms with Crippen molar-refractivity contribution in [3.05, 3.63) is 64.1 Å². The van der Waals surface area contributed by atoms with Gasteiger partial charge in [0.25, 0.3) is 0 Å². The number of pyridine rings is 1.